The Labute approximate surface area is 216 Å². The molecular weight excluding hydrogens is 524 g/mol. The summed E-state index contributed by atoms with van der Waals surface area (Å²) in [5.74, 6) is 0.716. The Morgan fingerprint density at radius 1 is 1.08 bits per heavy atom. The predicted octanol–water partition coefficient (Wildman–Crippen LogP) is 3.68. The van der Waals surface area contributed by atoms with Gasteiger partial charge in [0.2, 0.25) is 15.0 Å². The number of nitro benzene ring substituents is 1. The van der Waals surface area contributed by atoms with Crippen molar-refractivity contribution in [1.82, 2.24) is 14.5 Å². The Morgan fingerprint density at radius 3 is 2.38 bits per heavy atom. The van der Waals surface area contributed by atoms with E-state index in [0.717, 1.165) is 11.8 Å². The highest BCUT2D eigenvalue weighted by Gasteiger charge is 2.20. The molecule has 0 saturated heterocycles. The molecular formula is C24H21ClN4O7S. The number of halogens is 1. The number of sulfone groups is 1. The van der Waals surface area contributed by atoms with Gasteiger partial charge >= 0.3 is 0 Å². The summed E-state index contributed by atoms with van der Waals surface area (Å²) in [6.07, 6.45) is 2.61. The third-order valence-corrected chi connectivity index (χ3v) is 6.92. The van der Waals surface area contributed by atoms with Gasteiger partial charge in [-0.25, -0.2) is 13.4 Å². The van der Waals surface area contributed by atoms with Gasteiger partial charge in [-0.2, -0.15) is 4.98 Å². The normalized spacial score (nSPS) is 11.5. The summed E-state index contributed by atoms with van der Waals surface area (Å²) in [5, 5.41) is 11.1. The third-order valence-electron chi connectivity index (χ3n) is 5.67. The van der Waals surface area contributed by atoms with Crippen LogP contribution in [0.25, 0.3) is 22.2 Å². The van der Waals surface area contributed by atoms with Crippen LogP contribution in [0.2, 0.25) is 5.02 Å². The van der Waals surface area contributed by atoms with Crippen LogP contribution >= 0.6 is 11.6 Å². The lowest BCUT2D eigenvalue weighted by Gasteiger charge is -2.15. The quantitative estimate of drug-likeness (QED) is 0.184. The first-order valence-electron chi connectivity index (χ1n) is 10.8. The number of nitro groups is 1. The lowest BCUT2D eigenvalue weighted by molar-refractivity contribution is -0.384. The molecule has 0 spiro atoms. The van der Waals surface area contributed by atoms with Crippen molar-refractivity contribution in [3.05, 3.63) is 79.7 Å². The molecule has 192 valence electrons. The lowest BCUT2D eigenvalue weighted by atomic mass is 10.0. The SMILES string of the molecule is COc1cc(OC)c(Cl)c(-c2cc3cnc(S(C)(=O)=O)nc3n(CCc3ccc([N+](=O)[O-])cc3)c2=O)c1. The van der Waals surface area contributed by atoms with Crippen LogP contribution in [0, 0.1) is 10.1 Å². The standard InChI is InChI=1S/C24H21ClN4O7S/c1-35-17-11-18(21(25)20(12-17)36-2)19-10-15-13-26-24(37(3,33)34)27-22(15)28(23(19)30)9-8-14-4-6-16(7-5-14)29(31)32/h4-7,10-13H,8-9H2,1-3H3. The molecule has 37 heavy (non-hydrogen) atoms. The monoisotopic (exact) mass is 544 g/mol. The number of pyridine rings is 1. The number of hydrogen-bond donors (Lipinski definition) is 0. The molecule has 0 aliphatic heterocycles. The Kier molecular flexibility index (Phi) is 7.14. The van der Waals surface area contributed by atoms with Gasteiger partial charge in [0.25, 0.3) is 11.2 Å². The van der Waals surface area contributed by atoms with E-state index in [1.54, 1.807) is 24.3 Å². The summed E-state index contributed by atoms with van der Waals surface area (Å²) in [7, 11) is -0.840. The number of aromatic nitrogens is 3. The van der Waals surface area contributed by atoms with Crippen LogP contribution in [0.5, 0.6) is 11.5 Å². The molecule has 0 amide bonds. The number of rotatable bonds is 8. The zero-order valence-corrected chi connectivity index (χ0v) is 21.5. The van der Waals surface area contributed by atoms with E-state index < -0.39 is 25.5 Å². The summed E-state index contributed by atoms with van der Waals surface area (Å²) in [6.45, 7) is 0.0971. The first-order valence-corrected chi connectivity index (χ1v) is 13.1. The number of hydrogen-bond acceptors (Lipinski definition) is 9. The van der Waals surface area contributed by atoms with E-state index in [9.17, 15) is 23.3 Å². The molecule has 0 aliphatic carbocycles. The van der Waals surface area contributed by atoms with E-state index >= 15 is 0 Å². The van der Waals surface area contributed by atoms with Gasteiger partial charge in [-0.05, 0) is 24.1 Å². The second-order valence-electron chi connectivity index (χ2n) is 8.08. The summed E-state index contributed by atoms with van der Waals surface area (Å²) in [5.41, 5.74) is 0.868. The van der Waals surface area contributed by atoms with Gasteiger partial charge in [-0.1, -0.05) is 23.7 Å². The van der Waals surface area contributed by atoms with Gasteiger partial charge in [0.05, 0.1) is 24.2 Å². The molecule has 0 atom stereocenters. The minimum atomic E-state index is -3.75. The molecule has 11 nitrogen and oxygen atoms in total. The van der Waals surface area contributed by atoms with E-state index in [0.29, 0.717) is 28.9 Å². The summed E-state index contributed by atoms with van der Waals surface area (Å²) in [4.78, 5) is 32.4. The molecule has 4 aromatic rings. The number of methoxy groups -OCH3 is 2. The van der Waals surface area contributed by atoms with Crippen molar-refractivity contribution in [2.24, 2.45) is 0 Å². The van der Waals surface area contributed by atoms with Crippen molar-refractivity contribution in [1.29, 1.82) is 0 Å². The first-order chi connectivity index (χ1) is 17.5. The third kappa shape index (κ3) is 5.25. The van der Waals surface area contributed by atoms with Gasteiger partial charge in [-0.3, -0.25) is 19.5 Å². The molecule has 0 saturated carbocycles. The Balaban J connectivity index is 1.92. The molecule has 2 aromatic heterocycles. The fourth-order valence-electron chi connectivity index (χ4n) is 3.78. The van der Waals surface area contributed by atoms with Gasteiger partial charge < -0.3 is 9.47 Å². The molecule has 4 rings (SSSR count). The predicted molar refractivity (Wildman–Crippen MR) is 137 cm³/mol. The van der Waals surface area contributed by atoms with Crippen molar-refractivity contribution < 1.29 is 22.8 Å². The van der Waals surface area contributed by atoms with Gasteiger partial charge in [0, 0.05) is 53.7 Å². The molecule has 0 aliphatic rings. The van der Waals surface area contributed by atoms with Crippen molar-refractivity contribution in [3.8, 4) is 22.6 Å². The minimum absolute atomic E-state index is 0.0551. The smallest absolute Gasteiger partial charge is 0.269 e. The van der Waals surface area contributed by atoms with Gasteiger partial charge in [-0.15, -0.1) is 0 Å². The Hall–Kier alpha value is -4.03. The van der Waals surface area contributed by atoms with Gasteiger partial charge in [0.1, 0.15) is 17.1 Å². The molecule has 2 aromatic carbocycles. The molecule has 0 radical (unpaired) electrons. The highest BCUT2D eigenvalue weighted by molar-refractivity contribution is 7.90. The maximum Gasteiger partial charge on any atom is 0.269 e. The van der Waals surface area contributed by atoms with Crippen LogP contribution in [-0.4, -0.2) is 48.4 Å². The number of benzene rings is 2. The lowest BCUT2D eigenvalue weighted by Crippen LogP contribution is -2.24. The zero-order chi connectivity index (χ0) is 26.9. The van der Waals surface area contributed by atoms with E-state index in [1.165, 1.54) is 43.2 Å². The summed E-state index contributed by atoms with van der Waals surface area (Å²) >= 11 is 6.55. The Bertz CT molecular complexity index is 1690. The van der Waals surface area contributed by atoms with Crippen LogP contribution in [0.15, 0.2) is 58.6 Å². The van der Waals surface area contributed by atoms with Gasteiger partial charge in [0.15, 0.2) is 0 Å². The second-order valence-corrected chi connectivity index (χ2v) is 10.4. The van der Waals surface area contributed by atoms with Crippen LogP contribution in [0.4, 0.5) is 5.69 Å². The number of fused-ring (bicyclic) bond motifs is 1. The summed E-state index contributed by atoms with van der Waals surface area (Å²) < 4.78 is 36.2. The maximum atomic E-state index is 13.8. The minimum Gasteiger partial charge on any atom is -0.497 e. The topological polar surface area (TPSA) is 144 Å². The van der Waals surface area contributed by atoms with Crippen LogP contribution in [-0.2, 0) is 22.8 Å². The first kappa shape index (κ1) is 26.0. The van der Waals surface area contributed by atoms with E-state index in [4.69, 9.17) is 21.1 Å². The van der Waals surface area contributed by atoms with Crippen molar-refractivity contribution in [2.45, 2.75) is 18.1 Å². The van der Waals surface area contributed by atoms with E-state index in [1.807, 2.05) is 0 Å². The number of non-ortho nitro benzene ring substituents is 1. The highest BCUT2D eigenvalue weighted by atomic mass is 35.5. The van der Waals surface area contributed by atoms with Crippen LogP contribution in [0.1, 0.15) is 5.56 Å². The highest BCUT2D eigenvalue weighted by Crippen LogP contribution is 2.38. The number of nitrogens with zero attached hydrogens (tertiary/aromatic N) is 4. The molecule has 2 heterocycles. The molecule has 0 bridgehead atoms. The van der Waals surface area contributed by atoms with Crippen molar-refractivity contribution in [3.63, 3.8) is 0 Å². The fourth-order valence-corrected chi connectivity index (χ4v) is 4.57. The van der Waals surface area contributed by atoms with Crippen LogP contribution < -0.4 is 15.0 Å². The summed E-state index contributed by atoms with van der Waals surface area (Å²) in [6, 6.07) is 10.6. The van der Waals surface area contributed by atoms with E-state index in [-0.39, 0.29) is 28.5 Å². The van der Waals surface area contributed by atoms with Crippen molar-refractivity contribution in [2.75, 3.05) is 20.5 Å². The van der Waals surface area contributed by atoms with Crippen LogP contribution in [0.3, 0.4) is 0 Å². The number of ether oxygens (including phenoxy) is 2. The van der Waals surface area contributed by atoms with E-state index in [2.05, 4.69) is 9.97 Å². The average molecular weight is 545 g/mol. The zero-order valence-electron chi connectivity index (χ0n) is 20.0. The fraction of sp³-hybridized carbons (Fsp3) is 0.208. The molecule has 0 unspecified atom stereocenters. The van der Waals surface area contributed by atoms with Crippen molar-refractivity contribution >= 4 is 38.2 Å². The second kappa shape index (κ2) is 10.1. The maximum absolute atomic E-state index is 13.8. The molecule has 0 fully saturated rings. The Morgan fingerprint density at radius 2 is 1.78 bits per heavy atom. The average Bonchev–Trinajstić information content (AvgIpc) is 2.87. The molecule has 13 heteroatoms. The molecule has 0 N–H and O–H groups in total. The largest absolute Gasteiger partial charge is 0.497 e. The number of aryl methyl sites for hydroxylation is 2.